The highest BCUT2D eigenvalue weighted by Crippen LogP contribution is 2.29. The zero-order chi connectivity index (χ0) is 14.7. The maximum absolute atomic E-state index is 12.6. The highest BCUT2D eigenvalue weighted by molar-refractivity contribution is 5.89. The van der Waals surface area contributed by atoms with E-state index in [0.29, 0.717) is 18.9 Å². The first kappa shape index (κ1) is 14.1. The smallest absolute Gasteiger partial charge is 0.247 e. The molecule has 4 heteroatoms. The zero-order valence-corrected chi connectivity index (χ0v) is 12.3. The van der Waals surface area contributed by atoms with E-state index in [1.165, 1.54) is 12.8 Å². The standard InChI is InChI=1S/C17H22N2O2/c20-15-8-4-5-11-19(15)16(14-6-2-1-3-7-14)17(21)18-12-13-9-10-13/h1-3,6-7,13,16H,4-5,8-12H2,(H,18,21). The van der Waals surface area contributed by atoms with E-state index in [0.717, 1.165) is 24.9 Å². The normalized spacial score (nSPS) is 20.2. The van der Waals surface area contributed by atoms with Gasteiger partial charge in [-0.25, -0.2) is 0 Å². The van der Waals surface area contributed by atoms with E-state index in [-0.39, 0.29) is 11.8 Å². The Morgan fingerprint density at radius 3 is 2.67 bits per heavy atom. The van der Waals surface area contributed by atoms with Crippen LogP contribution in [0.15, 0.2) is 30.3 Å². The van der Waals surface area contributed by atoms with Crippen LogP contribution in [0.4, 0.5) is 0 Å². The molecule has 112 valence electrons. The molecule has 1 aliphatic carbocycles. The molecule has 0 aromatic heterocycles. The lowest BCUT2D eigenvalue weighted by Crippen LogP contribution is -2.46. The number of carbonyl (C=O) groups excluding carboxylic acids is 2. The fourth-order valence-corrected chi connectivity index (χ4v) is 2.87. The van der Waals surface area contributed by atoms with Gasteiger partial charge >= 0.3 is 0 Å². The molecule has 1 saturated carbocycles. The second-order valence-corrected chi connectivity index (χ2v) is 6.05. The maximum Gasteiger partial charge on any atom is 0.247 e. The van der Waals surface area contributed by atoms with Gasteiger partial charge in [-0.3, -0.25) is 9.59 Å². The molecule has 1 heterocycles. The van der Waals surface area contributed by atoms with Crippen LogP contribution < -0.4 is 5.32 Å². The molecule has 3 rings (SSSR count). The van der Waals surface area contributed by atoms with Crippen LogP contribution in [0.5, 0.6) is 0 Å². The van der Waals surface area contributed by atoms with Crippen molar-refractivity contribution in [3.63, 3.8) is 0 Å². The minimum atomic E-state index is -0.474. The minimum Gasteiger partial charge on any atom is -0.354 e. The number of rotatable bonds is 5. The first-order chi connectivity index (χ1) is 10.3. The number of carbonyl (C=O) groups is 2. The Morgan fingerprint density at radius 1 is 1.24 bits per heavy atom. The SMILES string of the molecule is O=C(NCC1CC1)C(c1ccccc1)N1CCCCC1=O. The third-order valence-electron chi connectivity index (χ3n) is 4.30. The van der Waals surface area contributed by atoms with Crippen LogP contribution >= 0.6 is 0 Å². The summed E-state index contributed by atoms with van der Waals surface area (Å²) < 4.78 is 0. The zero-order valence-electron chi connectivity index (χ0n) is 12.3. The summed E-state index contributed by atoms with van der Waals surface area (Å²) in [7, 11) is 0. The molecule has 2 aliphatic rings. The average molecular weight is 286 g/mol. The Bertz CT molecular complexity index is 511. The summed E-state index contributed by atoms with van der Waals surface area (Å²) in [6, 6.07) is 9.17. The van der Waals surface area contributed by atoms with Crippen molar-refractivity contribution in [1.29, 1.82) is 0 Å². The summed E-state index contributed by atoms with van der Waals surface area (Å²) in [6.07, 6.45) is 4.88. The van der Waals surface area contributed by atoms with Gasteiger partial charge in [0.2, 0.25) is 11.8 Å². The van der Waals surface area contributed by atoms with Crippen molar-refractivity contribution >= 4 is 11.8 Å². The lowest BCUT2D eigenvalue weighted by Gasteiger charge is -2.34. The van der Waals surface area contributed by atoms with Crippen molar-refractivity contribution in [2.24, 2.45) is 5.92 Å². The van der Waals surface area contributed by atoms with E-state index < -0.39 is 6.04 Å². The van der Waals surface area contributed by atoms with Gasteiger partial charge in [0.25, 0.3) is 0 Å². The number of likely N-dealkylation sites (tertiary alicyclic amines) is 1. The summed E-state index contributed by atoms with van der Waals surface area (Å²) in [5, 5.41) is 3.03. The second kappa shape index (κ2) is 6.29. The molecule has 1 unspecified atom stereocenters. The van der Waals surface area contributed by atoms with Crippen molar-refractivity contribution < 1.29 is 9.59 Å². The number of amides is 2. The number of benzene rings is 1. The van der Waals surface area contributed by atoms with Gasteiger partial charge in [0.15, 0.2) is 0 Å². The van der Waals surface area contributed by atoms with Crippen molar-refractivity contribution in [1.82, 2.24) is 10.2 Å². The Morgan fingerprint density at radius 2 is 2.00 bits per heavy atom. The van der Waals surface area contributed by atoms with Crippen LogP contribution in [0.1, 0.15) is 43.7 Å². The van der Waals surface area contributed by atoms with Crippen molar-refractivity contribution in [2.75, 3.05) is 13.1 Å². The summed E-state index contributed by atoms with van der Waals surface area (Å²) in [5.74, 6) is 0.697. The molecule has 4 nitrogen and oxygen atoms in total. The lowest BCUT2D eigenvalue weighted by molar-refractivity contribution is -0.142. The Labute approximate surface area is 125 Å². The van der Waals surface area contributed by atoms with Crippen molar-refractivity contribution in [3.8, 4) is 0 Å². The monoisotopic (exact) mass is 286 g/mol. The highest BCUT2D eigenvalue weighted by Gasteiger charge is 2.33. The van der Waals surface area contributed by atoms with Crippen LogP contribution in [0.2, 0.25) is 0 Å². The predicted octanol–water partition coefficient (Wildman–Crippen LogP) is 2.27. The number of nitrogens with zero attached hydrogens (tertiary/aromatic N) is 1. The van der Waals surface area contributed by atoms with Gasteiger partial charge in [-0.05, 0) is 37.2 Å². The lowest BCUT2D eigenvalue weighted by atomic mass is 10.0. The molecule has 0 spiro atoms. The predicted molar refractivity (Wildman–Crippen MR) is 80.5 cm³/mol. The molecule has 2 amide bonds. The molecule has 0 bridgehead atoms. The molecule has 1 saturated heterocycles. The van der Waals surface area contributed by atoms with E-state index >= 15 is 0 Å². The van der Waals surface area contributed by atoms with Gasteiger partial charge in [0.05, 0.1) is 0 Å². The quantitative estimate of drug-likeness (QED) is 0.902. The van der Waals surface area contributed by atoms with Gasteiger partial charge < -0.3 is 10.2 Å². The molecule has 21 heavy (non-hydrogen) atoms. The molecule has 1 aromatic carbocycles. The molecule has 1 aliphatic heterocycles. The molecule has 1 N–H and O–H groups in total. The van der Waals surface area contributed by atoms with Gasteiger partial charge in [0.1, 0.15) is 6.04 Å². The van der Waals surface area contributed by atoms with Crippen molar-refractivity contribution in [2.45, 2.75) is 38.1 Å². The third-order valence-corrected chi connectivity index (χ3v) is 4.30. The van der Waals surface area contributed by atoms with Gasteiger partial charge in [-0.15, -0.1) is 0 Å². The topological polar surface area (TPSA) is 49.4 Å². The second-order valence-electron chi connectivity index (χ2n) is 6.05. The number of hydrogen-bond donors (Lipinski definition) is 1. The minimum absolute atomic E-state index is 0.0386. The number of nitrogens with one attached hydrogen (secondary N) is 1. The van der Waals surface area contributed by atoms with Crippen LogP contribution in [-0.4, -0.2) is 29.8 Å². The van der Waals surface area contributed by atoms with Gasteiger partial charge in [-0.2, -0.15) is 0 Å². The fraction of sp³-hybridized carbons (Fsp3) is 0.529. The van der Waals surface area contributed by atoms with Crippen LogP contribution in [0.25, 0.3) is 0 Å². The molecule has 0 radical (unpaired) electrons. The number of piperidine rings is 1. The molecule has 1 atom stereocenters. The van der Waals surface area contributed by atoms with Crippen molar-refractivity contribution in [3.05, 3.63) is 35.9 Å². The Hall–Kier alpha value is -1.84. The highest BCUT2D eigenvalue weighted by atomic mass is 16.2. The summed E-state index contributed by atoms with van der Waals surface area (Å²) in [6.45, 7) is 1.42. The summed E-state index contributed by atoms with van der Waals surface area (Å²) in [4.78, 5) is 26.6. The molecule has 1 aromatic rings. The fourth-order valence-electron chi connectivity index (χ4n) is 2.87. The molecular formula is C17H22N2O2. The van der Waals surface area contributed by atoms with E-state index in [2.05, 4.69) is 5.32 Å². The van der Waals surface area contributed by atoms with Crippen LogP contribution in [-0.2, 0) is 9.59 Å². The first-order valence-electron chi connectivity index (χ1n) is 7.88. The van der Waals surface area contributed by atoms with E-state index in [1.807, 2.05) is 30.3 Å². The molecule has 2 fully saturated rings. The average Bonchev–Trinajstić information content (AvgIpc) is 3.33. The van der Waals surface area contributed by atoms with E-state index in [4.69, 9.17) is 0 Å². The van der Waals surface area contributed by atoms with E-state index in [9.17, 15) is 9.59 Å². The first-order valence-corrected chi connectivity index (χ1v) is 7.88. The maximum atomic E-state index is 12.6. The largest absolute Gasteiger partial charge is 0.354 e. The number of hydrogen-bond acceptors (Lipinski definition) is 2. The summed E-state index contributed by atoms with van der Waals surface area (Å²) in [5.41, 5.74) is 0.904. The third kappa shape index (κ3) is 3.43. The summed E-state index contributed by atoms with van der Waals surface area (Å²) >= 11 is 0. The Kier molecular flexibility index (Phi) is 4.23. The van der Waals surface area contributed by atoms with Crippen LogP contribution in [0, 0.1) is 5.92 Å². The van der Waals surface area contributed by atoms with Gasteiger partial charge in [-0.1, -0.05) is 30.3 Å². The Balaban J connectivity index is 1.79. The van der Waals surface area contributed by atoms with E-state index in [1.54, 1.807) is 4.90 Å². The molecular weight excluding hydrogens is 264 g/mol. The van der Waals surface area contributed by atoms with Crippen LogP contribution in [0.3, 0.4) is 0 Å². The van der Waals surface area contributed by atoms with Gasteiger partial charge in [0, 0.05) is 19.5 Å².